The molecule has 0 spiro atoms. The minimum atomic E-state index is -0.281. The van der Waals surface area contributed by atoms with Crippen LogP contribution >= 0.6 is 11.8 Å². The second-order valence-corrected chi connectivity index (χ2v) is 7.44. The van der Waals surface area contributed by atoms with Crippen LogP contribution in [0.3, 0.4) is 0 Å². The van der Waals surface area contributed by atoms with Crippen molar-refractivity contribution in [1.29, 1.82) is 0 Å². The second kappa shape index (κ2) is 10.1. The smallest absolute Gasteiger partial charge is 0.251 e. The fourth-order valence-electron chi connectivity index (χ4n) is 2.75. The zero-order valence-corrected chi connectivity index (χ0v) is 16.9. The Morgan fingerprint density at radius 1 is 1.24 bits per heavy atom. The average molecular weight is 417 g/mol. The first-order chi connectivity index (χ1) is 14.0. The van der Waals surface area contributed by atoms with Crippen molar-refractivity contribution in [2.24, 2.45) is 0 Å². The van der Waals surface area contributed by atoms with E-state index in [1.807, 2.05) is 24.3 Å². The van der Waals surface area contributed by atoms with Crippen LogP contribution in [0.5, 0.6) is 0 Å². The molecule has 1 aromatic heterocycles. The van der Waals surface area contributed by atoms with Gasteiger partial charge in [0, 0.05) is 43.8 Å². The number of thioether (sulfide) groups is 1. The number of hydrogen-bond acceptors (Lipinski definition) is 7. The summed E-state index contributed by atoms with van der Waals surface area (Å²) in [6.45, 7) is 3.07. The summed E-state index contributed by atoms with van der Waals surface area (Å²) >= 11 is 1.11. The fraction of sp³-hybridized carbons (Fsp3) is 0.368. The Bertz CT molecular complexity index is 896. The van der Waals surface area contributed by atoms with E-state index >= 15 is 0 Å². The Morgan fingerprint density at radius 3 is 2.66 bits per heavy atom. The van der Waals surface area contributed by atoms with Crippen LogP contribution in [0.15, 0.2) is 46.5 Å². The molecule has 2 N–H and O–H groups in total. The van der Waals surface area contributed by atoms with Crippen LogP contribution in [-0.4, -0.2) is 72.3 Å². The molecule has 29 heavy (non-hydrogen) atoms. The van der Waals surface area contributed by atoms with Gasteiger partial charge in [-0.3, -0.25) is 14.4 Å². The van der Waals surface area contributed by atoms with Gasteiger partial charge in [-0.2, -0.15) is 0 Å². The van der Waals surface area contributed by atoms with Gasteiger partial charge in [0.2, 0.25) is 11.8 Å². The molecule has 0 radical (unpaired) electrons. The quantitative estimate of drug-likeness (QED) is 0.507. The van der Waals surface area contributed by atoms with Crippen LogP contribution in [-0.2, 0) is 14.3 Å². The Kier molecular flexibility index (Phi) is 7.25. The zero-order chi connectivity index (χ0) is 20.6. The Labute approximate surface area is 172 Å². The second-order valence-electron chi connectivity index (χ2n) is 6.47. The fourth-order valence-corrected chi connectivity index (χ4v) is 3.54. The number of anilines is 2. The Hall–Kier alpha value is -2.85. The lowest BCUT2D eigenvalue weighted by atomic mass is 10.2. The predicted octanol–water partition coefficient (Wildman–Crippen LogP) is 0.796. The monoisotopic (exact) mass is 417 g/mol. The highest BCUT2D eigenvalue weighted by molar-refractivity contribution is 7.99. The van der Waals surface area contributed by atoms with Gasteiger partial charge in [-0.15, -0.1) is 0 Å². The first-order valence-electron chi connectivity index (χ1n) is 9.16. The van der Waals surface area contributed by atoms with E-state index in [9.17, 15) is 14.4 Å². The summed E-state index contributed by atoms with van der Waals surface area (Å²) in [5.74, 6) is -0.444. The molecule has 3 rings (SSSR count). The van der Waals surface area contributed by atoms with Crippen molar-refractivity contribution in [1.82, 2.24) is 14.9 Å². The highest BCUT2D eigenvalue weighted by Gasteiger charge is 2.15. The number of benzene rings is 1. The maximum atomic E-state index is 12.2. The van der Waals surface area contributed by atoms with Gasteiger partial charge in [-0.05, 0) is 24.3 Å². The lowest BCUT2D eigenvalue weighted by molar-refractivity contribution is -0.131. The number of carbonyl (C=O) groups is 2. The molecule has 2 aromatic rings. The van der Waals surface area contributed by atoms with Crippen molar-refractivity contribution >= 4 is 35.0 Å². The molecule has 1 aliphatic heterocycles. The molecule has 1 saturated heterocycles. The van der Waals surface area contributed by atoms with Crippen LogP contribution in [0.2, 0.25) is 0 Å². The Balaban J connectivity index is 1.45. The normalized spacial score (nSPS) is 13.8. The van der Waals surface area contributed by atoms with Gasteiger partial charge < -0.3 is 24.8 Å². The van der Waals surface area contributed by atoms with E-state index < -0.39 is 0 Å². The van der Waals surface area contributed by atoms with E-state index in [1.165, 1.54) is 17.2 Å². The number of H-pyrrole nitrogens is 1. The summed E-state index contributed by atoms with van der Waals surface area (Å²) in [6, 6.07) is 8.91. The molecule has 1 aliphatic rings. The van der Waals surface area contributed by atoms with Gasteiger partial charge in [-0.1, -0.05) is 11.8 Å². The summed E-state index contributed by atoms with van der Waals surface area (Å²) in [5, 5.41) is 3.16. The third-order valence-corrected chi connectivity index (χ3v) is 5.19. The van der Waals surface area contributed by atoms with Crippen molar-refractivity contribution in [2.45, 2.75) is 5.16 Å². The molecular formula is C19H23N5O4S. The van der Waals surface area contributed by atoms with E-state index in [1.54, 1.807) is 7.05 Å². The summed E-state index contributed by atoms with van der Waals surface area (Å²) in [7, 11) is 1.56. The van der Waals surface area contributed by atoms with Crippen molar-refractivity contribution in [3.05, 3.63) is 46.9 Å². The summed E-state index contributed by atoms with van der Waals surface area (Å²) in [6.07, 6.45) is 1.38. The van der Waals surface area contributed by atoms with Crippen LogP contribution in [0.4, 0.5) is 11.4 Å². The number of carbonyl (C=O) groups excluding carboxylic acids is 2. The van der Waals surface area contributed by atoms with E-state index in [-0.39, 0.29) is 29.7 Å². The van der Waals surface area contributed by atoms with E-state index in [0.717, 1.165) is 30.5 Å². The molecule has 0 aliphatic carbocycles. The van der Waals surface area contributed by atoms with E-state index in [0.29, 0.717) is 24.1 Å². The molecule has 0 bridgehead atoms. The van der Waals surface area contributed by atoms with Gasteiger partial charge in [0.1, 0.15) is 0 Å². The molecule has 0 saturated carbocycles. The van der Waals surface area contributed by atoms with Crippen LogP contribution < -0.4 is 15.8 Å². The molecule has 10 heteroatoms. The van der Waals surface area contributed by atoms with E-state index in [4.69, 9.17) is 4.74 Å². The molecular weight excluding hydrogens is 394 g/mol. The first kappa shape index (κ1) is 20.9. The molecule has 0 atom stereocenters. The molecule has 9 nitrogen and oxygen atoms in total. The maximum absolute atomic E-state index is 12.2. The summed E-state index contributed by atoms with van der Waals surface area (Å²) in [5.41, 5.74) is 1.48. The third-order valence-electron chi connectivity index (χ3n) is 4.31. The van der Waals surface area contributed by atoms with Crippen LogP contribution in [0.25, 0.3) is 0 Å². The minimum Gasteiger partial charge on any atom is -0.378 e. The number of morpholine rings is 1. The van der Waals surface area contributed by atoms with Gasteiger partial charge in [0.25, 0.3) is 5.56 Å². The van der Waals surface area contributed by atoms with E-state index in [2.05, 4.69) is 20.2 Å². The number of hydrogen-bond donors (Lipinski definition) is 2. The van der Waals surface area contributed by atoms with Crippen molar-refractivity contribution in [2.75, 3.05) is 55.9 Å². The zero-order valence-electron chi connectivity index (χ0n) is 16.1. The summed E-state index contributed by atoms with van der Waals surface area (Å²) < 4.78 is 5.35. The molecule has 1 aromatic carbocycles. The third kappa shape index (κ3) is 6.33. The highest BCUT2D eigenvalue weighted by Crippen LogP contribution is 2.19. The van der Waals surface area contributed by atoms with Crippen LogP contribution in [0.1, 0.15) is 0 Å². The van der Waals surface area contributed by atoms with Gasteiger partial charge in [0.15, 0.2) is 5.16 Å². The number of amides is 2. The predicted molar refractivity (Wildman–Crippen MR) is 111 cm³/mol. The minimum absolute atomic E-state index is 0.0661. The molecule has 2 heterocycles. The van der Waals surface area contributed by atoms with Crippen LogP contribution in [0, 0.1) is 0 Å². The molecule has 154 valence electrons. The highest BCUT2D eigenvalue weighted by atomic mass is 32.2. The number of nitrogens with zero attached hydrogens (tertiary/aromatic N) is 3. The molecule has 0 unspecified atom stereocenters. The topological polar surface area (TPSA) is 108 Å². The van der Waals surface area contributed by atoms with Crippen molar-refractivity contribution < 1.29 is 14.3 Å². The van der Waals surface area contributed by atoms with Gasteiger partial charge in [-0.25, -0.2) is 4.98 Å². The average Bonchev–Trinajstić information content (AvgIpc) is 2.73. The Morgan fingerprint density at radius 2 is 1.97 bits per heavy atom. The number of rotatable bonds is 7. The summed E-state index contributed by atoms with van der Waals surface area (Å²) in [4.78, 5) is 45.7. The van der Waals surface area contributed by atoms with Gasteiger partial charge in [0.05, 0.1) is 25.5 Å². The SMILES string of the molecule is CN(CC(=O)Nc1ccc(N2CCOCC2)cc1)C(=O)CSc1nccc(=O)[nH]1. The van der Waals surface area contributed by atoms with Crippen molar-refractivity contribution in [3.8, 4) is 0 Å². The number of aromatic amines is 1. The molecule has 1 fully saturated rings. The van der Waals surface area contributed by atoms with Crippen molar-refractivity contribution in [3.63, 3.8) is 0 Å². The number of aromatic nitrogens is 2. The number of likely N-dealkylation sites (N-methyl/N-ethyl adjacent to an activating group) is 1. The van der Waals surface area contributed by atoms with Gasteiger partial charge >= 0.3 is 0 Å². The largest absolute Gasteiger partial charge is 0.378 e. The standard InChI is InChI=1S/C19H23N5O4S/c1-23(18(27)13-29-19-20-7-6-16(25)22-19)12-17(26)21-14-2-4-15(5-3-14)24-8-10-28-11-9-24/h2-7H,8-13H2,1H3,(H,21,26)(H,20,22,25). The maximum Gasteiger partial charge on any atom is 0.251 e. The molecule has 2 amide bonds. The number of nitrogens with one attached hydrogen (secondary N) is 2. The lowest BCUT2D eigenvalue weighted by Gasteiger charge is -2.28. The first-order valence-corrected chi connectivity index (χ1v) is 10.1. The lowest BCUT2D eigenvalue weighted by Crippen LogP contribution is -2.36. The number of ether oxygens (including phenoxy) is 1.